The van der Waals surface area contributed by atoms with E-state index in [4.69, 9.17) is 9.97 Å². The summed E-state index contributed by atoms with van der Waals surface area (Å²) < 4.78 is 2.31. The lowest BCUT2D eigenvalue weighted by molar-refractivity contribution is 1.17. The molecule has 10 aromatic rings. The second-order valence-corrected chi connectivity index (χ2v) is 12.1. The van der Waals surface area contributed by atoms with Crippen molar-refractivity contribution in [2.45, 2.75) is 0 Å². The summed E-state index contributed by atoms with van der Waals surface area (Å²) in [5.41, 5.74) is 7.46. The van der Waals surface area contributed by atoms with Crippen LogP contribution in [0.3, 0.4) is 0 Å². The quantitative estimate of drug-likeness (QED) is 0.151. The zero-order valence-corrected chi connectivity index (χ0v) is 25.1. The lowest BCUT2D eigenvalue weighted by Crippen LogP contribution is -1.99. The minimum atomic E-state index is 0.615. The van der Waals surface area contributed by atoms with Crippen LogP contribution in [0, 0.1) is 11.3 Å². The summed E-state index contributed by atoms with van der Waals surface area (Å²) in [5, 5.41) is 20.6. The van der Waals surface area contributed by atoms with Crippen molar-refractivity contribution >= 4 is 65.0 Å². The molecule has 8 aromatic carbocycles. The van der Waals surface area contributed by atoms with E-state index >= 15 is 0 Å². The van der Waals surface area contributed by atoms with Gasteiger partial charge in [-0.2, -0.15) is 5.26 Å². The summed E-state index contributed by atoms with van der Waals surface area (Å²) >= 11 is 0. The summed E-state index contributed by atoms with van der Waals surface area (Å²) in [5.74, 6) is 0.667. The predicted octanol–water partition coefficient (Wildman–Crippen LogP) is 10.8. The summed E-state index contributed by atoms with van der Waals surface area (Å²) in [7, 11) is 0. The Bertz CT molecular complexity index is 2910. The van der Waals surface area contributed by atoms with Crippen molar-refractivity contribution in [2.24, 2.45) is 0 Å². The van der Waals surface area contributed by atoms with Gasteiger partial charge in [0.25, 0.3) is 0 Å². The van der Waals surface area contributed by atoms with Gasteiger partial charge in [0.05, 0.1) is 33.9 Å². The van der Waals surface area contributed by atoms with Crippen molar-refractivity contribution in [1.82, 2.24) is 14.5 Å². The van der Waals surface area contributed by atoms with Gasteiger partial charge in [-0.05, 0) is 80.8 Å². The van der Waals surface area contributed by atoms with Crippen LogP contribution in [0.25, 0.3) is 93.4 Å². The van der Waals surface area contributed by atoms with Crippen molar-refractivity contribution in [3.8, 4) is 34.4 Å². The summed E-state index contributed by atoms with van der Waals surface area (Å²) in [6.45, 7) is 0. The first-order chi connectivity index (χ1) is 23.3. The zero-order chi connectivity index (χ0) is 31.1. The number of nitrogens with zero attached hydrogens (tertiary/aromatic N) is 4. The Kier molecular flexibility index (Phi) is 5.32. The molecule has 4 nitrogen and oxygen atoms in total. The third-order valence-electron chi connectivity index (χ3n) is 9.53. The van der Waals surface area contributed by atoms with Crippen molar-refractivity contribution in [3.05, 3.63) is 151 Å². The van der Waals surface area contributed by atoms with E-state index in [0.717, 1.165) is 44.4 Å². The van der Waals surface area contributed by atoms with Crippen molar-refractivity contribution < 1.29 is 0 Å². The highest BCUT2D eigenvalue weighted by atomic mass is 15.0. The zero-order valence-electron chi connectivity index (χ0n) is 25.1. The van der Waals surface area contributed by atoms with Crippen LogP contribution in [-0.2, 0) is 0 Å². The number of para-hydroxylation sites is 1. The highest BCUT2D eigenvalue weighted by Gasteiger charge is 2.24. The maximum atomic E-state index is 9.89. The van der Waals surface area contributed by atoms with E-state index < -0.39 is 0 Å². The van der Waals surface area contributed by atoms with Gasteiger partial charge in [-0.25, -0.2) is 9.97 Å². The molecular weight excluding hydrogens is 573 g/mol. The molecule has 0 aliphatic rings. The Labute approximate surface area is 269 Å². The van der Waals surface area contributed by atoms with Gasteiger partial charge in [-0.1, -0.05) is 97.1 Å². The first-order valence-electron chi connectivity index (χ1n) is 15.7. The number of aromatic nitrogens is 3. The molecule has 0 saturated heterocycles. The third kappa shape index (κ3) is 3.69. The largest absolute Gasteiger partial charge is 0.308 e. The maximum absolute atomic E-state index is 9.89. The van der Waals surface area contributed by atoms with Gasteiger partial charge in [-0.3, -0.25) is 0 Å². The van der Waals surface area contributed by atoms with Crippen LogP contribution >= 0.6 is 0 Å². The van der Waals surface area contributed by atoms with Crippen LogP contribution in [0.2, 0.25) is 0 Å². The number of nitriles is 1. The Hall–Kier alpha value is -6.57. The monoisotopic (exact) mass is 596 g/mol. The molecule has 2 aromatic heterocycles. The molecule has 0 bridgehead atoms. The standard InChI is InChI=1S/C43H24N4/c44-25-26-10-8-15-30(22-26)47-38-19-9-17-31-35-23-28-13-4-5-14-29(28)24-36(35)32-20-21-34(42(47)40(32)39(31)38)43-45-37-18-7-6-16-33(37)41(46-43)27-11-2-1-3-12-27/h1-24H. The molecular formula is C43H24N4. The molecule has 0 fully saturated rings. The summed E-state index contributed by atoms with van der Waals surface area (Å²) in [6.07, 6.45) is 0. The fourth-order valence-electron chi connectivity index (χ4n) is 7.50. The lowest BCUT2D eigenvalue weighted by atomic mass is 9.91. The van der Waals surface area contributed by atoms with Gasteiger partial charge in [0, 0.05) is 33.0 Å². The molecule has 4 heteroatoms. The average molecular weight is 597 g/mol. The van der Waals surface area contributed by atoms with Crippen LogP contribution in [0.1, 0.15) is 5.56 Å². The average Bonchev–Trinajstić information content (AvgIpc) is 3.49. The van der Waals surface area contributed by atoms with Crippen LogP contribution in [0.15, 0.2) is 146 Å². The number of benzene rings is 8. The minimum Gasteiger partial charge on any atom is -0.308 e. The van der Waals surface area contributed by atoms with Crippen molar-refractivity contribution in [3.63, 3.8) is 0 Å². The molecule has 0 aliphatic heterocycles. The molecule has 0 radical (unpaired) electrons. The van der Waals surface area contributed by atoms with Crippen molar-refractivity contribution in [2.75, 3.05) is 0 Å². The maximum Gasteiger partial charge on any atom is 0.162 e. The van der Waals surface area contributed by atoms with E-state index in [2.05, 4.69) is 108 Å². The fraction of sp³-hybridized carbons (Fsp3) is 0. The molecule has 0 atom stereocenters. The SMILES string of the molecule is N#Cc1cccc(-n2c3cccc4c5cc6ccccc6cc5c5ccc(-c6nc(-c7ccccc7)c7ccccc7n6)c2c5c43)c1. The summed E-state index contributed by atoms with van der Waals surface area (Å²) in [4.78, 5) is 10.5. The normalized spacial score (nSPS) is 11.8. The van der Waals surface area contributed by atoms with Crippen LogP contribution in [-0.4, -0.2) is 14.5 Å². The fourth-order valence-corrected chi connectivity index (χ4v) is 7.50. The number of fused-ring (bicyclic) bond motifs is 5. The first kappa shape index (κ1) is 25.7. The Balaban J connectivity index is 1.41. The van der Waals surface area contributed by atoms with Crippen LogP contribution < -0.4 is 0 Å². The van der Waals surface area contributed by atoms with Gasteiger partial charge in [0.15, 0.2) is 5.82 Å². The minimum absolute atomic E-state index is 0.615. The predicted molar refractivity (Wildman–Crippen MR) is 193 cm³/mol. The van der Waals surface area contributed by atoms with Gasteiger partial charge in [0.1, 0.15) is 0 Å². The molecule has 0 saturated carbocycles. The molecule has 0 spiro atoms. The molecule has 47 heavy (non-hydrogen) atoms. The van der Waals surface area contributed by atoms with E-state index in [1.165, 1.54) is 43.1 Å². The third-order valence-corrected chi connectivity index (χ3v) is 9.53. The second kappa shape index (κ2) is 9.71. The molecule has 216 valence electrons. The van der Waals surface area contributed by atoms with Gasteiger partial charge >= 0.3 is 0 Å². The van der Waals surface area contributed by atoms with E-state index in [1.54, 1.807) is 0 Å². The second-order valence-electron chi connectivity index (χ2n) is 12.1. The summed E-state index contributed by atoms with van der Waals surface area (Å²) in [6, 6.07) is 53.0. The molecule has 0 N–H and O–H groups in total. The Morgan fingerprint density at radius 2 is 1.23 bits per heavy atom. The van der Waals surface area contributed by atoms with E-state index in [-0.39, 0.29) is 0 Å². The van der Waals surface area contributed by atoms with Crippen LogP contribution in [0.4, 0.5) is 0 Å². The number of rotatable bonds is 3. The van der Waals surface area contributed by atoms with Crippen LogP contribution in [0.5, 0.6) is 0 Å². The van der Waals surface area contributed by atoms with Gasteiger partial charge in [-0.15, -0.1) is 0 Å². The highest BCUT2D eigenvalue weighted by molar-refractivity contribution is 6.36. The topological polar surface area (TPSA) is 54.5 Å². The Morgan fingerprint density at radius 1 is 0.532 bits per heavy atom. The molecule has 10 rings (SSSR count). The van der Waals surface area contributed by atoms with E-state index in [9.17, 15) is 5.26 Å². The van der Waals surface area contributed by atoms with E-state index in [1.807, 2.05) is 48.5 Å². The Morgan fingerprint density at radius 3 is 2.04 bits per heavy atom. The molecule has 0 unspecified atom stereocenters. The lowest BCUT2D eigenvalue weighted by Gasteiger charge is -2.14. The van der Waals surface area contributed by atoms with Gasteiger partial charge in [0.2, 0.25) is 0 Å². The van der Waals surface area contributed by atoms with Crippen molar-refractivity contribution in [1.29, 1.82) is 5.26 Å². The highest BCUT2D eigenvalue weighted by Crippen LogP contribution is 2.47. The molecule has 0 amide bonds. The number of hydrogen-bond acceptors (Lipinski definition) is 3. The number of hydrogen-bond donors (Lipinski definition) is 0. The smallest absolute Gasteiger partial charge is 0.162 e. The van der Waals surface area contributed by atoms with Gasteiger partial charge < -0.3 is 4.57 Å². The first-order valence-corrected chi connectivity index (χ1v) is 15.7. The van der Waals surface area contributed by atoms with E-state index in [0.29, 0.717) is 11.4 Å². The molecule has 0 aliphatic carbocycles. The molecule has 2 heterocycles.